The lowest BCUT2D eigenvalue weighted by atomic mass is 9.98. The lowest BCUT2D eigenvalue weighted by molar-refractivity contribution is 0.472. The summed E-state index contributed by atoms with van der Waals surface area (Å²) in [7, 11) is 0. The first kappa shape index (κ1) is 9.85. The van der Waals surface area contributed by atoms with Crippen LogP contribution < -0.4 is 0 Å². The van der Waals surface area contributed by atoms with Gasteiger partial charge in [-0.25, -0.2) is 0 Å². The van der Waals surface area contributed by atoms with Crippen molar-refractivity contribution in [1.82, 2.24) is 0 Å². The van der Waals surface area contributed by atoms with Crippen LogP contribution in [0.5, 0.6) is 5.75 Å². The van der Waals surface area contributed by atoms with E-state index in [1.807, 2.05) is 12.1 Å². The van der Waals surface area contributed by atoms with Crippen molar-refractivity contribution in [3.8, 4) is 5.75 Å². The maximum atomic E-state index is 9.31. The maximum absolute atomic E-state index is 9.31. The van der Waals surface area contributed by atoms with Crippen LogP contribution in [0.15, 0.2) is 24.3 Å². The fourth-order valence-corrected chi connectivity index (χ4v) is 2.59. The highest BCUT2D eigenvalue weighted by Crippen LogP contribution is 2.32. The number of phenols is 1. The zero-order valence-electron chi connectivity index (χ0n) is 8.12. The van der Waals surface area contributed by atoms with Crippen molar-refractivity contribution in [1.29, 1.82) is 0 Å². The summed E-state index contributed by atoms with van der Waals surface area (Å²) in [6.45, 7) is 0. The molecule has 0 radical (unpaired) electrons. The summed E-state index contributed by atoms with van der Waals surface area (Å²) < 4.78 is 0. The summed E-state index contributed by atoms with van der Waals surface area (Å²) in [5, 5.41) is 9.69. The predicted molar refractivity (Wildman–Crippen MR) is 58.8 cm³/mol. The summed E-state index contributed by atoms with van der Waals surface area (Å²) in [5.74, 6) is 1.07. The number of phenolic OH excluding ortho intramolecular Hbond substituents is 1. The molecule has 76 valence electrons. The third-order valence-electron chi connectivity index (χ3n) is 2.91. The third-order valence-corrected chi connectivity index (χ3v) is 3.31. The number of aromatic hydroxyl groups is 1. The molecule has 2 atom stereocenters. The highest BCUT2D eigenvalue weighted by molar-refractivity contribution is 6.20. The molecule has 0 heterocycles. The summed E-state index contributed by atoms with van der Waals surface area (Å²) >= 11 is 6.06. The number of halogens is 1. The minimum atomic E-state index is 0.364. The minimum Gasteiger partial charge on any atom is -0.508 e. The van der Waals surface area contributed by atoms with E-state index >= 15 is 0 Å². The Morgan fingerprint density at radius 2 is 2.21 bits per heavy atom. The van der Waals surface area contributed by atoms with Crippen molar-refractivity contribution < 1.29 is 5.11 Å². The molecule has 1 aliphatic carbocycles. The Balaban J connectivity index is 1.97. The van der Waals surface area contributed by atoms with E-state index in [0.717, 1.165) is 19.3 Å². The highest BCUT2D eigenvalue weighted by Gasteiger charge is 2.22. The van der Waals surface area contributed by atoms with E-state index in [1.165, 1.54) is 12.0 Å². The Labute approximate surface area is 89.7 Å². The Hall–Kier alpha value is -0.690. The van der Waals surface area contributed by atoms with Gasteiger partial charge in [0.1, 0.15) is 5.75 Å². The van der Waals surface area contributed by atoms with Crippen LogP contribution in [0.3, 0.4) is 0 Å². The molecular formula is C12H15ClO. The molecule has 1 aromatic rings. The van der Waals surface area contributed by atoms with Crippen molar-refractivity contribution in [3.05, 3.63) is 29.8 Å². The van der Waals surface area contributed by atoms with Gasteiger partial charge in [-0.15, -0.1) is 11.6 Å². The molecule has 0 spiro atoms. The second-order valence-corrected chi connectivity index (χ2v) is 4.77. The van der Waals surface area contributed by atoms with Gasteiger partial charge in [0.2, 0.25) is 0 Å². The second-order valence-electron chi connectivity index (χ2n) is 4.15. The standard InChI is InChI=1S/C12H15ClO/c13-11-5-4-10(7-11)6-9-2-1-3-12(14)8-9/h1-3,8,10-11,14H,4-7H2. The van der Waals surface area contributed by atoms with Crippen LogP contribution in [0.25, 0.3) is 0 Å². The van der Waals surface area contributed by atoms with E-state index in [-0.39, 0.29) is 0 Å². The van der Waals surface area contributed by atoms with Crippen LogP contribution in [0.1, 0.15) is 24.8 Å². The lowest BCUT2D eigenvalue weighted by Gasteiger charge is -2.08. The fourth-order valence-electron chi connectivity index (χ4n) is 2.22. The van der Waals surface area contributed by atoms with E-state index in [1.54, 1.807) is 6.07 Å². The Morgan fingerprint density at radius 3 is 2.86 bits per heavy atom. The van der Waals surface area contributed by atoms with Gasteiger partial charge in [0.05, 0.1) is 0 Å². The minimum absolute atomic E-state index is 0.364. The third kappa shape index (κ3) is 2.42. The average molecular weight is 211 g/mol. The van der Waals surface area contributed by atoms with Gasteiger partial charge in [-0.2, -0.15) is 0 Å². The number of hydrogen-bond donors (Lipinski definition) is 1. The number of rotatable bonds is 2. The smallest absolute Gasteiger partial charge is 0.115 e. The van der Waals surface area contributed by atoms with Crippen LogP contribution in [-0.2, 0) is 6.42 Å². The zero-order valence-corrected chi connectivity index (χ0v) is 8.87. The van der Waals surface area contributed by atoms with Crippen molar-refractivity contribution in [3.63, 3.8) is 0 Å². The normalized spacial score (nSPS) is 26.6. The van der Waals surface area contributed by atoms with Crippen LogP contribution in [0.2, 0.25) is 0 Å². The topological polar surface area (TPSA) is 20.2 Å². The number of benzene rings is 1. The van der Waals surface area contributed by atoms with Gasteiger partial charge in [0.25, 0.3) is 0 Å². The monoisotopic (exact) mass is 210 g/mol. The molecule has 1 aromatic carbocycles. The molecule has 2 heteroatoms. The molecule has 1 saturated carbocycles. The Kier molecular flexibility index (Phi) is 2.97. The van der Waals surface area contributed by atoms with Crippen molar-refractivity contribution in [2.45, 2.75) is 31.1 Å². The fraction of sp³-hybridized carbons (Fsp3) is 0.500. The van der Waals surface area contributed by atoms with Gasteiger partial charge in [-0.3, -0.25) is 0 Å². The summed E-state index contributed by atoms with van der Waals surface area (Å²) in [6.07, 6.45) is 4.55. The van der Waals surface area contributed by atoms with Gasteiger partial charge in [-0.1, -0.05) is 12.1 Å². The second kappa shape index (κ2) is 4.22. The quantitative estimate of drug-likeness (QED) is 0.743. The Morgan fingerprint density at radius 1 is 1.36 bits per heavy atom. The average Bonchev–Trinajstić information content (AvgIpc) is 2.51. The number of hydrogen-bond acceptors (Lipinski definition) is 1. The first-order valence-corrected chi connectivity index (χ1v) is 5.59. The van der Waals surface area contributed by atoms with Gasteiger partial charge >= 0.3 is 0 Å². The highest BCUT2D eigenvalue weighted by atomic mass is 35.5. The summed E-state index contributed by atoms with van der Waals surface area (Å²) in [6, 6.07) is 7.53. The largest absolute Gasteiger partial charge is 0.508 e. The first-order valence-electron chi connectivity index (χ1n) is 5.16. The molecule has 0 saturated heterocycles. The van der Waals surface area contributed by atoms with Crippen LogP contribution in [0.4, 0.5) is 0 Å². The molecule has 2 unspecified atom stereocenters. The molecule has 0 amide bonds. The van der Waals surface area contributed by atoms with Crippen LogP contribution >= 0.6 is 11.6 Å². The van der Waals surface area contributed by atoms with Gasteiger partial charge in [0, 0.05) is 5.38 Å². The molecule has 1 nitrogen and oxygen atoms in total. The zero-order chi connectivity index (χ0) is 9.97. The van der Waals surface area contributed by atoms with E-state index in [9.17, 15) is 5.11 Å². The summed E-state index contributed by atoms with van der Waals surface area (Å²) in [4.78, 5) is 0. The predicted octanol–water partition coefficient (Wildman–Crippen LogP) is 3.34. The van der Waals surface area contributed by atoms with Crippen LogP contribution in [-0.4, -0.2) is 10.5 Å². The molecule has 1 N–H and O–H groups in total. The maximum Gasteiger partial charge on any atom is 0.115 e. The van der Waals surface area contributed by atoms with Crippen molar-refractivity contribution >= 4 is 11.6 Å². The molecule has 0 aliphatic heterocycles. The Bertz CT molecular complexity index is 311. The molecule has 1 fully saturated rings. The van der Waals surface area contributed by atoms with Crippen molar-refractivity contribution in [2.75, 3.05) is 0 Å². The molecule has 1 aliphatic rings. The molecular weight excluding hydrogens is 196 g/mol. The van der Waals surface area contributed by atoms with Crippen LogP contribution in [0, 0.1) is 5.92 Å². The SMILES string of the molecule is Oc1cccc(CC2CCC(Cl)C2)c1. The van der Waals surface area contributed by atoms with E-state index in [2.05, 4.69) is 6.07 Å². The van der Waals surface area contributed by atoms with Gasteiger partial charge in [0.15, 0.2) is 0 Å². The molecule has 0 bridgehead atoms. The number of alkyl halides is 1. The lowest BCUT2D eigenvalue weighted by Crippen LogP contribution is -2.00. The molecule has 2 rings (SSSR count). The molecule has 0 aromatic heterocycles. The van der Waals surface area contributed by atoms with Gasteiger partial charge in [-0.05, 0) is 49.3 Å². The molecule has 14 heavy (non-hydrogen) atoms. The van der Waals surface area contributed by atoms with Gasteiger partial charge < -0.3 is 5.11 Å². The van der Waals surface area contributed by atoms with Crippen molar-refractivity contribution in [2.24, 2.45) is 5.92 Å². The van der Waals surface area contributed by atoms with E-state index in [4.69, 9.17) is 11.6 Å². The van der Waals surface area contributed by atoms with E-state index < -0.39 is 0 Å². The first-order chi connectivity index (χ1) is 6.74. The summed E-state index contributed by atoms with van der Waals surface area (Å²) in [5.41, 5.74) is 1.22. The van der Waals surface area contributed by atoms with E-state index in [0.29, 0.717) is 17.0 Å².